The highest BCUT2D eigenvalue weighted by Gasteiger charge is 2.32. The Balaban J connectivity index is 2.07. The number of amides is 1. The summed E-state index contributed by atoms with van der Waals surface area (Å²) in [5, 5.41) is 2.35. The quantitative estimate of drug-likeness (QED) is 0.933. The molecule has 21 heavy (non-hydrogen) atoms. The summed E-state index contributed by atoms with van der Waals surface area (Å²) in [5.74, 6) is -0.931. The number of carbonyl (C=O) groups excluding carboxylic acids is 1. The lowest BCUT2D eigenvalue weighted by atomic mass is 10.2. The summed E-state index contributed by atoms with van der Waals surface area (Å²) in [7, 11) is 0. The summed E-state index contributed by atoms with van der Waals surface area (Å²) in [6.07, 6.45) is -3.56. The van der Waals surface area contributed by atoms with Crippen LogP contribution in [0.3, 0.4) is 0 Å². The van der Waals surface area contributed by atoms with Crippen molar-refractivity contribution < 1.29 is 27.1 Å². The largest absolute Gasteiger partial charge is 0.573 e. The molecule has 1 amide bonds. The van der Waals surface area contributed by atoms with Gasteiger partial charge in [-0.15, -0.1) is 13.2 Å². The number of carbonyl (C=O) groups is 1. The van der Waals surface area contributed by atoms with Crippen molar-refractivity contribution in [1.82, 2.24) is 5.32 Å². The topological polar surface area (TPSA) is 51.5 Å². The van der Waals surface area contributed by atoms with Crippen LogP contribution >= 0.6 is 11.6 Å². The molecule has 0 aliphatic heterocycles. The fourth-order valence-electron chi connectivity index (χ4n) is 1.60. The zero-order valence-electron chi connectivity index (χ0n) is 10.4. The van der Waals surface area contributed by atoms with Crippen molar-refractivity contribution in [2.45, 2.75) is 12.9 Å². The minimum atomic E-state index is -4.80. The molecule has 0 saturated heterocycles. The van der Waals surface area contributed by atoms with Crippen molar-refractivity contribution in [1.29, 1.82) is 0 Å². The molecule has 0 spiro atoms. The van der Waals surface area contributed by atoms with Crippen LogP contribution in [0.15, 0.2) is 41.0 Å². The Morgan fingerprint density at radius 3 is 2.62 bits per heavy atom. The van der Waals surface area contributed by atoms with Crippen molar-refractivity contribution in [3.63, 3.8) is 0 Å². The Hall–Kier alpha value is -2.15. The molecular weight excluding hydrogens is 311 g/mol. The molecule has 0 aliphatic carbocycles. The number of hydrogen-bond donors (Lipinski definition) is 1. The molecule has 1 aromatic carbocycles. The number of nitrogens with one attached hydrogen (secondary N) is 1. The minimum Gasteiger partial charge on any atom is -0.452 e. The molecular formula is C13H9ClF3NO3. The Morgan fingerprint density at radius 1 is 1.29 bits per heavy atom. The Morgan fingerprint density at radius 2 is 2.00 bits per heavy atom. The van der Waals surface area contributed by atoms with Crippen molar-refractivity contribution in [3.8, 4) is 5.75 Å². The Bertz CT molecular complexity index is 640. The van der Waals surface area contributed by atoms with Crippen molar-refractivity contribution in [2.75, 3.05) is 0 Å². The fraction of sp³-hybridized carbons (Fsp3) is 0.154. The van der Waals surface area contributed by atoms with Crippen LogP contribution in [0, 0.1) is 0 Å². The van der Waals surface area contributed by atoms with E-state index in [2.05, 4.69) is 10.1 Å². The number of furan rings is 1. The molecule has 0 saturated carbocycles. The third kappa shape index (κ3) is 4.16. The zero-order chi connectivity index (χ0) is 15.5. The third-order valence-electron chi connectivity index (χ3n) is 2.50. The molecule has 1 aromatic heterocycles. The van der Waals surface area contributed by atoms with Crippen LogP contribution in [-0.2, 0) is 6.54 Å². The first-order valence-corrected chi connectivity index (χ1v) is 6.09. The summed E-state index contributed by atoms with van der Waals surface area (Å²) in [5.41, 5.74) is 0.286. The minimum absolute atomic E-state index is 0.0904. The molecule has 1 N–H and O–H groups in total. The number of halogens is 4. The predicted molar refractivity (Wildman–Crippen MR) is 68.0 cm³/mol. The summed E-state index contributed by atoms with van der Waals surface area (Å²) < 4.78 is 45.4. The third-order valence-corrected chi connectivity index (χ3v) is 2.79. The number of alkyl halides is 3. The van der Waals surface area contributed by atoms with Gasteiger partial charge in [-0.1, -0.05) is 18.2 Å². The number of hydrogen-bond acceptors (Lipinski definition) is 3. The normalized spacial score (nSPS) is 11.2. The molecule has 0 radical (unpaired) electrons. The highest BCUT2D eigenvalue weighted by molar-refractivity contribution is 6.32. The summed E-state index contributed by atoms with van der Waals surface area (Å²) in [6.45, 7) is -0.146. The van der Waals surface area contributed by atoms with Crippen molar-refractivity contribution in [3.05, 3.63) is 52.9 Å². The van der Waals surface area contributed by atoms with Crippen LogP contribution in [0.25, 0.3) is 0 Å². The smallest absolute Gasteiger partial charge is 0.452 e. The van der Waals surface area contributed by atoms with Crippen molar-refractivity contribution in [2.24, 2.45) is 0 Å². The molecule has 112 valence electrons. The van der Waals surface area contributed by atoms with E-state index in [1.807, 2.05) is 0 Å². The van der Waals surface area contributed by atoms with Gasteiger partial charge in [0.15, 0.2) is 0 Å². The van der Waals surface area contributed by atoms with E-state index >= 15 is 0 Å². The summed E-state index contributed by atoms with van der Waals surface area (Å²) in [4.78, 5) is 11.8. The van der Waals surface area contributed by atoms with Crippen LogP contribution in [0.5, 0.6) is 5.75 Å². The number of para-hydroxylation sites is 1. The van der Waals surface area contributed by atoms with Gasteiger partial charge in [-0.05, 0) is 23.7 Å². The highest BCUT2D eigenvalue weighted by Crippen LogP contribution is 2.26. The van der Waals surface area contributed by atoms with Gasteiger partial charge >= 0.3 is 6.36 Å². The number of benzene rings is 1. The molecule has 2 aromatic rings. The van der Waals surface area contributed by atoms with E-state index in [4.69, 9.17) is 16.0 Å². The van der Waals surface area contributed by atoms with E-state index in [-0.39, 0.29) is 28.6 Å². The maximum absolute atomic E-state index is 12.3. The lowest BCUT2D eigenvalue weighted by Crippen LogP contribution is -2.24. The molecule has 0 bridgehead atoms. The lowest BCUT2D eigenvalue weighted by Gasteiger charge is -2.13. The van der Waals surface area contributed by atoms with Gasteiger partial charge in [-0.25, -0.2) is 0 Å². The maximum atomic E-state index is 12.3. The van der Waals surface area contributed by atoms with Gasteiger partial charge in [0, 0.05) is 12.1 Å². The van der Waals surface area contributed by atoms with Crippen LogP contribution in [0.2, 0.25) is 5.22 Å². The summed E-state index contributed by atoms with van der Waals surface area (Å²) in [6, 6.07) is 6.88. The molecule has 0 aliphatic rings. The molecule has 8 heteroatoms. The highest BCUT2D eigenvalue weighted by atomic mass is 35.5. The van der Waals surface area contributed by atoms with E-state index in [1.165, 1.54) is 36.6 Å². The second kappa shape index (κ2) is 6.09. The van der Waals surface area contributed by atoms with Crippen LogP contribution in [-0.4, -0.2) is 12.3 Å². The molecule has 0 fully saturated rings. The molecule has 0 unspecified atom stereocenters. The first-order chi connectivity index (χ1) is 9.87. The summed E-state index contributed by atoms with van der Waals surface area (Å²) >= 11 is 5.63. The molecule has 4 nitrogen and oxygen atoms in total. The lowest BCUT2D eigenvalue weighted by molar-refractivity contribution is -0.274. The number of rotatable bonds is 4. The van der Waals surface area contributed by atoms with E-state index in [0.29, 0.717) is 0 Å². The van der Waals surface area contributed by atoms with Crippen LogP contribution < -0.4 is 10.1 Å². The van der Waals surface area contributed by atoms with Gasteiger partial charge < -0.3 is 14.5 Å². The van der Waals surface area contributed by atoms with Gasteiger partial charge in [0.05, 0.1) is 11.8 Å². The van der Waals surface area contributed by atoms with E-state index in [9.17, 15) is 18.0 Å². The first-order valence-electron chi connectivity index (χ1n) is 5.71. The van der Waals surface area contributed by atoms with E-state index in [0.717, 1.165) is 0 Å². The number of ether oxygens (including phenoxy) is 1. The van der Waals surface area contributed by atoms with E-state index in [1.54, 1.807) is 0 Å². The van der Waals surface area contributed by atoms with Gasteiger partial charge in [0.25, 0.3) is 5.91 Å². The Kier molecular flexibility index (Phi) is 4.42. The maximum Gasteiger partial charge on any atom is 0.573 e. The zero-order valence-corrected chi connectivity index (χ0v) is 11.2. The second-order valence-electron chi connectivity index (χ2n) is 3.95. The first kappa shape index (κ1) is 15.2. The Labute approximate surface area is 122 Å². The monoisotopic (exact) mass is 319 g/mol. The SMILES string of the molecule is O=C(NCc1ccccc1OC(F)(F)F)c1ccoc1Cl. The molecule has 1 heterocycles. The standard InChI is InChI=1S/C13H9ClF3NO3/c14-11-9(5-6-20-11)12(19)18-7-8-3-1-2-4-10(8)21-13(15,16)17/h1-6H,7H2,(H,18,19). The van der Waals surface area contributed by atoms with E-state index < -0.39 is 12.3 Å². The predicted octanol–water partition coefficient (Wildman–Crippen LogP) is 3.76. The van der Waals surface area contributed by atoms with Gasteiger partial charge in [-0.3, -0.25) is 4.79 Å². The second-order valence-corrected chi connectivity index (χ2v) is 4.29. The molecule has 2 rings (SSSR count). The van der Waals surface area contributed by atoms with Gasteiger partial charge in [-0.2, -0.15) is 0 Å². The molecule has 0 atom stereocenters. The van der Waals surface area contributed by atoms with Crippen molar-refractivity contribution >= 4 is 17.5 Å². The van der Waals surface area contributed by atoms with Gasteiger partial charge in [0.2, 0.25) is 5.22 Å². The average molecular weight is 320 g/mol. The fourth-order valence-corrected chi connectivity index (χ4v) is 1.80. The van der Waals surface area contributed by atoms with Crippen LogP contribution in [0.1, 0.15) is 15.9 Å². The van der Waals surface area contributed by atoms with Crippen LogP contribution in [0.4, 0.5) is 13.2 Å². The van der Waals surface area contributed by atoms with Gasteiger partial charge in [0.1, 0.15) is 5.75 Å². The average Bonchev–Trinajstić information content (AvgIpc) is 2.82.